The van der Waals surface area contributed by atoms with Gasteiger partial charge in [-0.15, -0.1) is 11.8 Å². The molecule has 0 bridgehead atoms. The molecule has 1 aliphatic rings. The standard InChI is InChI=1S/C6H10S.2C2H6/c1-3-7-6(2)4-5-6;2*1-2/h3H,1,4-5H2,2H3;2*1-2H3. The zero-order chi connectivity index (χ0) is 9.33. The molecule has 0 radical (unpaired) electrons. The van der Waals surface area contributed by atoms with E-state index < -0.39 is 0 Å². The predicted molar refractivity (Wildman–Crippen MR) is 58.1 cm³/mol. The van der Waals surface area contributed by atoms with E-state index in [1.807, 2.05) is 44.9 Å². The molecular formula is C10H22S. The van der Waals surface area contributed by atoms with Crippen LogP contribution in [0.5, 0.6) is 0 Å². The third kappa shape index (κ3) is 7.99. The average molecular weight is 174 g/mol. The fourth-order valence-corrected chi connectivity index (χ4v) is 1.24. The molecule has 1 heteroatoms. The summed E-state index contributed by atoms with van der Waals surface area (Å²) in [5.74, 6) is 0. The summed E-state index contributed by atoms with van der Waals surface area (Å²) < 4.78 is 0.599. The van der Waals surface area contributed by atoms with Crippen LogP contribution in [0.25, 0.3) is 0 Å². The molecule has 68 valence electrons. The van der Waals surface area contributed by atoms with Gasteiger partial charge in [0, 0.05) is 4.75 Å². The van der Waals surface area contributed by atoms with Gasteiger partial charge < -0.3 is 0 Å². The second kappa shape index (κ2) is 8.19. The summed E-state index contributed by atoms with van der Waals surface area (Å²) in [6.07, 6.45) is 2.76. The second-order valence-electron chi connectivity index (χ2n) is 2.23. The highest BCUT2D eigenvalue weighted by Crippen LogP contribution is 2.47. The van der Waals surface area contributed by atoms with Crippen LogP contribution in [-0.4, -0.2) is 4.75 Å². The third-order valence-electron chi connectivity index (χ3n) is 1.32. The van der Waals surface area contributed by atoms with E-state index in [1.54, 1.807) is 0 Å². The van der Waals surface area contributed by atoms with E-state index in [9.17, 15) is 0 Å². The first-order valence-corrected chi connectivity index (χ1v) is 5.43. The number of rotatable bonds is 2. The summed E-state index contributed by atoms with van der Waals surface area (Å²) in [4.78, 5) is 0. The van der Waals surface area contributed by atoms with Crippen molar-refractivity contribution in [2.24, 2.45) is 0 Å². The molecule has 1 aliphatic carbocycles. The van der Waals surface area contributed by atoms with Gasteiger partial charge in [0.15, 0.2) is 0 Å². The van der Waals surface area contributed by atoms with Crippen LogP contribution in [-0.2, 0) is 0 Å². The monoisotopic (exact) mass is 174 g/mol. The van der Waals surface area contributed by atoms with Crippen molar-refractivity contribution in [3.05, 3.63) is 12.0 Å². The second-order valence-corrected chi connectivity index (χ2v) is 3.79. The van der Waals surface area contributed by atoms with Gasteiger partial charge in [0.2, 0.25) is 0 Å². The maximum Gasteiger partial charge on any atom is 0.0174 e. The lowest BCUT2D eigenvalue weighted by Gasteiger charge is -1.98. The van der Waals surface area contributed by atoms with Crippen molar-refractivity contribution in [2.45, 2.75) is 52.2 Å². The third-order valence-corrected chi connectivity index (χ3v) is 2.47. The molecule has 0 unspecified atom stereocenters. The molecule has 0 atom stereocenters. The maximum atomic E-state index is 3.65. The van der Waals surface area contributed by atoms with E-state index >= 15 is 0 Å². The predicted octanol–water partition coefficient (Wildman–Crippen LogP) is 4.47. The van der Waals surface area contributed by atoms with Crippen molar-refractivity contribution in [1.29, 1.82) is 0 Å². The van der Waals surface area contributed by atoms with Gasteiger partial charge in [-0.05, 0) is 18.2 Å². The van der Waals surface area contributed by atoms with E-state index in [0.717, 1.165) is 0 Å². The Kier molecular flexibility index (Phi) is 10.2. The Balaban J connectivity index is 0. The van der Waals surface area contributed by atoms with Gasteiger partial charge in [0.1, 0.15) is 0 Å². The lowest BCUT2D eigenvalue weighted by molar-refractivity contribution is 1.06. The zero-order valence-electron chi connectivity index (χ0n) is 8.61. The smallest absolute Gasteiger partial charge is 0.0174 e. The van der Waals surface area contributed by atoms with Crippen LogP contribution in [0.2, 0.25) is 0 Å². The van der Waals surface area contributed by atoms with Crippen LogP contribution in [0.1, 0.15) is 47.5 Å². The maximum absolute atomic E-state index is 3.65. The Morgan fingerprint density at radius 2 is 1.55 bits per heavy atom. The lowest BCUT2D eigenvalue weighted by atomic mass is 10.5. The van der Waals surface area contributed by atoms with E-state index in [-0.39, 0.29) is 0 Å². The highest BCUT2D eigenvalue weighted by molar-refractivity contribution is 8.03. The minimum absolute atomic E-state index is 0.599. The first kappa shape index (κ1) is 13.7. The van der Waals surface area contributed by atoms with Crippen LogP contribution >= 0.6 is 11.8 Å². The summed E-state index contributed by atoms with van der Waals surface area (Å²) >= 11 is 1.86. The van der Waals surface area contributed by atoms with Crippen LogP contribution in [0.4, 0.5) is 0 Å². The SMILES string of the molecule is C=CSC1(C)CC1.CC.CC. The number of hydrogen-bond donors (Lipinski definition) is 0. The molecule has 0 aromatic carbocycles. The highest BCUT2D eigenvalue weighted by Gasteiger charge is 2.36. The largest absolute Gasteiger partial charge is 0.128 e. The molecule has 0 N–H and O–H groups in total. The Morgan fingerprint density at radius 3 is 1.64 bits per heavy atom. The van der Waals surface area contributed by atoms with Crippen molar-refractivity contribution in [2.75, 3.05) is 0 Å². The van der Waals surface area contributed by atoms with E-state index in [0.29, 0.717) is 4.75 Å². The molecular weight excluding hydrogens is 152 g/mol. The van der Waals surface area contributed by atoms with Crippen molar-refractivity contribution >= 4 is 11.8 Å². The van der Waals surface area contributed by atoms with Crippen LogP contribution in [0.3, 0.4) is 0 Å². The molecule has 0 amide bonds. The Hall–Kier alpha value is 0.0900. The van der Waals surface area contributed by atoms with E-state index in [2.05, 4.69) is 13.5 Å². The van der Waals surface area contributed by atoms with Gasteiger partial charge in [-0.1, -0.05) is 41.2 Å². The van der Waals surface area contributed by atoms with Gasteiger partial charge >= 0.3 is 0 Å². The quantitative estimate of drug-likeness (QED) is 0.595. The first-order chi connectivity index (χ1) is 5.27. The molecule has 0 aromatic rings. The molecule has 11 heavy (non-hydrogen) atoms. The van der Waals surface area contributed by atoms with Gasteiger partial charge in [0.25, 0.3) is 0 Å². The van der Waals surface area contributed by atoms with Gasteiger partial charge in [-0.25, -0.2) is 0 Å². The van der Waals surface area contributed by atoms with Gasteiger partial charge in [0.05, 0.1) is 0 Å². The summed E-state index contributed by atoms with van der Waals surface area (Å²) in [5.41, 5.74) is 0. The Morgan fingerprint density at radius 1 is 1.18 bits per heavy atom. The Bertz CT molecular complexity index is 82.9. The molecule has 0 aliphatic heterocycles. The van der Waals surface area contributed by atoms with Crippen molar-refractivity contribution < 1.29 is 0 Å². The van der Waals surface area contributed by atoms with Gasteiger partial charge in [-0.3, -0.25) is 0 Å². The number of thioether (sulfide) groups is 1. The van der Waals surface area contributed by atoms with Crippen LogP contribution < -0.4 is 0 Å². The molecule has 1 fully saturated rings. The van der Waals surface area contributed by atoms with Crippen molar-refractivity contribution in [3.8, 4) is 0 Å². The van der Waals surface area contributed by atoms with Crippen LogP contribution in [0, 0.1) is 0 Å². The lowest BCUT2D eigenvalue weighted by Crippen LogP contribution is -1.87. The molecule has 0 aromatic heterocycles. The van der Waals surface area contributed by atoms with E-state index in [1.165, 1.54) is 12.8 Å². The average Bonchev–Trinajstić information content (AvgIpc) is 2.77. The summed E-state index contributed by atoms with van der Waals surface area (Å²) in [7, 11) is 0. The minimum atomic E-state index is 0.599. The fourth-order valence-electron chi connectivity index (χ4n) is 0.495. The van der Waals surface area contributed by atoms with Gasteiger partial charge in [-0.2, -0.15) is 0 Å². The summed E-state index contributed by atoms with van der Waals surface area (Å²) in [6.45, 7) is 13.9. The van der Waals surface area contributed by atoms with Crippen molar-refractivity contribution in [3.63, 3.8) is 0 Å². The van der Waals surface area contributed by atoms with E-state index in [4.69, 9.17) is 0 Å². The molecule has 1 saturated carbocycles. The molecule has 0 heterocycles. The molecule has 0 saturated heterocycles. The minimum Gasteiger partial charge on any atom is -0.128 e. The topological polar surface area (TPSA) is 0 Å². The van der Waals surface area contributed by atoms with Crippen LogP contribution in [0.15, 0.2) is 12.0 Å². The molecule has 1 rings (SSSR count). The number of hydrogen-bond acceptors (Lipinski definition) is 1. The zero-order valence-corrected chi connectivity index (χ0v) is 9.42. The Labute approximate surface area is 76.5 Å². The summed E-state index contributed by atoms with van der Waals surface area (Å²) in [5, 5.41) is 1.94. The normalized spacial score (nSPS) is 16.5. The van der Waals surface area contributed by atoms with Crippen molar-refractivity contribution in [1.82, 2.24) is 0 Å². The molecule has 0 spiro atoms. The fraction of sp³-hybridized carbons (Fsp3) is 0.800. The first-order valence-electron chi connectivity index (χ1n) is 4.56. The molecule has 0 nitrogen and oxygen atoms in total. The highest BCUT2D eigenvalue weighted by atomic mass is 32.2. The summed E-state index contributed by atoms with van der Waals surface area (Å²) in [6, 6.07) is 0.